The number of nitrogens with two attached hydrogens (primary N) is 2. The number of benzene rings is 6. The molecule has 18 heteroatoms. The van der Waals surface area contributed by atoms with Gasteiger partial charge in [-0.1, -0.05) is 63.4 Å². The van der Waals surface area contributed by atoms with Crippen molar-refractivity contribution in [3.63, 3.8) is 0 Å². The van der Waals surface area contributed by atoms with Crippen LogP contribution in [0.1, 0.15) is 74.9 Å². The summed E-state index contributed by atoms with van der Waals surface area (Å²) in [7, 11) is 6.22. The van der Waals surface area contributed by atoms with Crippen molar-refractivity contribution in [2.45, 2.75) is 54.4 Å². The number of methoxy groups -OCH3 is 4. The third-order valence-corrected chi connectivity index (χ3v) is 11.3. The molecule has 6 aromatic carbocycles. The van der Waals surface area contributed by atoms with Crippen LogP contribution >= 0.6 is 0 Å². The molecule has 0 aromatic heterocycles. The van der Waals surface area contributed by atoms with E-state index in [9.17, 15) is 33.9 Å². The number of aliphatic carboxylic acids is 1. The molecule has 0 saturated heterocycles. The number of primary amides is 2. The Kier molecular flexibility index (Phi) is 25.2. The number of carboxylic acid groups (broad SMARTS) is 1. The van der Waals surface area contributed by atoms with Gasteiger partial charge in [0.15, 0.2) is 0 Å². The van der Waals surface area contributed by atoms with Gasteiger partial charge in [-0.25, -0.2) is 14.4 Å². The second kappa shape index (κ2) is 31.3. The SMILES string of the molecule is C.C.CCN(CC)C(=O)/C(=C/c1cc(OC)cc(OC)c1)c1ccc(Oc2ccc(CCC(=O)NC(N)=O)cc2)cc1.COc1cc(/C=C(/C(=O)O)c2ccc(Oc3ccc(CCC(=O)NC(N)=O)cc3)cc2)cc(OC)c1. The second-order valence-electron chi connectivity index (χ2n) is 16.6. The number of likely N-dealkylation sites (N-methyl/N-ethyl adjacent to an activating group) is 1. The minimum atomic E-state index is -1.08. The molecule has 0 bridgehead atoms. The quantitative estimate of drug-likeness (QED) is 0.0313. The molecule has 0 heterocycles. The fourth-order valence-electron chi connectivity index (χ4n) is 7.42. The Bertz CT molecular complexity index is 2980. The van der Waals surface area contributed by atoms with Crippen LogP contribution in [0.3, 0.4) is 0 Å². The van der Waals surface area contributed by atoms with E-state index in [1.807, 2.05) is 91.2 Å². The van der Waals surface area contributed by atoms with Crippen LogP contribution in [0.15, 0.2) is 133 Å². The first-order chi connectivity index (χ1) is 36.5. The number of aryl methyl sites for hydroxylation is 2. The first-order valence-electron chi connectivity index (χ1n) is 23.9. The van der Waals surface area contributed by atoms with Crippen molar-refractivity contribution in [3.05, 3.63) is 167 Å². The van der Waals surface area contributed by atoms with Crippen LogP contribution in [-0.2, 0) is 32.0 Å². The van der Waals surface area contributed by atoms with Crippen molar-refractivity contribution in [3.8, 4) is 46.0 Å². The molecule has 7 N–H and O–H groups in total. The van der Waals surface area contributed by atoms with Gasteiger partial charge < -0.3 is 49.9 Å². The largest absolute Gasteiger partial charge is 0.497 e. The number of hydrogen-bond acceptors (Lipinski definition) is 12. The zero-order valence-electron chi connectivity index (χ0n) is 43.0. The van der Waals surface area contributed by atoms with E-state index in [0.29, 0.717) is 88.6 Å². The smallest absolute Gasteiger partial charge is 0.336 e. The van der Waals surface area contributed by atoms with Crippen LogP contribution in [0.25, 0.3) is 23.3 Å². The second-order valence-corrected chi connectivity index (χ2v) is 16.6. The van der Waals surface area contributed by atoms with Crippen molar-refractivity contribution in [1.29, 1.82) is 0 Å². The summed E-state index contributed by atoms with van der Waals surface area (Å²) in [5.41, 5.74) is 15.0. The fraction of sp³-hybridized carbons (Fsp3) is 0.233. The molecular weight excluding hydrogens is 999 g/mol. The minimum Gasteiger partial charge on any atom is -0.497 e. The van der Waals surface area contributed by atoms with Gasteiger partial charge in [0.05, 0.1) is 34.0 Å². The van der Waals surface area contributed by atoms with Crippen LogP contribution in [0, 0.1) is 0 Å². The van der Waals surface area contributed by atoms with Gasteiger partial charge >= 0.3 is 18.0 Å². The normalized spacial score (nSPS) is 10.6. The van der Waals surface area contributed by atoms with Crippen molar-refractivity contribution in [2.75, 3.05) is 41.5 Å². The molecule has 6 rings (SSSR count). The van der Waals surface area contributed by atoms with Crippen LogP contribution < -0.4 is 50.5 Å². The maximum absolute atomic E-state index is 13.5. The molecule has 78 heavy (non-hydrogen) atoms. The molecule has 6 aromatic rings. The van der Waals surface area contributed by atoms with E-state index in [2.05, 4.69) is 0 Å². The Labute approximate surface area is 455 Å². The van der Waals surface area contributed by atoms with E-state index in [1.54, 1.807) is 98.0 Å². The van der Waals surface area contributed by atoms with Crippen molar-refractivity contribution in [2.24, 2.45) is 11.5 Å². The van der Waals surface area contributed by atoms with Gasteiger partial charge in [-0.3, -0.25) is 25.0 Å². The number of carboxylic acids is 1. The van der Waals surface area contributed by atoms with Crippen molar-refractivity contribution >= 4 is 59.1 Å². The summed E-state index contributed by atoms with van der Waals surface area (Å²) >= 11 is 0. The molecule has 0 aliphatic rings. The van der Waals surface area contributed by atoms with Crippen LogP contribution in [0.2, 0.25) is 0 Å². The summed E-state index contributed by atoms with van der Waals surface area (Å²) in [6.45, 7) is 5.07. The monoisotopic (exact) mass is 1070 g/mol. The van der Waals surface area contributed by atoms with Gasteiger partial charge in [0.25, 0.3) is 5.91 Å². The van der Waals surface area contributed by atoms with Crippen LogP contribution in [-0.4, -0.2) is 87.3 Å². The number of nitrogens with one attached hydrogen (secondary N) is 2. The summed E-state index contributed by atoms with van der Waals surface area (Å²) in [5, 5.41) is 13.9. The van der Waals surface area contributed by atoms with Gasteiger partial charge in [-0.2, -0.15) is 0 Å². The lowest BCUT2D eigenvalue weighted by atomic mass is 10.0. The Balaban J connectivity index is 0.000000402. The third kappa shape index (κ3) is 19.6. The molecule has 0 atom stereocenters. The lowest BCUT2D eigenvalue weighted by Crippen LogP contribution is -2.35. The Hall–Kier alpha value is -9.58. The Morgan fingerprint density at radius 1 is 0.474 bits per heavy atom. The number of ether oxygens (including phenoxy) is 6. The topological polar surface area (TPSA) is 257 Å². The Morgan fingerprint density at radius 2 is 0.782 bits per heavy atom. The summed E-state index contributed by atoms with van der Waals surface area (Å²) in [5.74, 6) is 2.66. The lowest BCUT2D eigenvalue weighted by molar-refractivity contribution is -0.130. The predicted octanol–water partition coefficient (Wildman–Crippen LogP) is 10.6. The number of amides is 7. The van der Waals surface area contributed by atoms with Crippen molar-refractivity contribution in [1.82, 2.24) is 15.5 Å². The average molecular weight is 1070 g/mol. The standard InChI is InChI=1S/C31H35N3O6.C27H26N2O7.2CH4/c1-5-34(6-2)30(36)28(19-22-17-26(38-3)20-27(18-22)39-4)23-10-14-25(15-11-23)40-24-12-7-21(8-13-24)9-16-29(35)33-31(32)37;1-34-22-13-18(14-23(16-22)35-2)15-24(26(31)32)19-6-10-21(11-7-19)36-20-8-3-17(4-9-20)5-12-25(30)29-27(28)33;;/h7-8,10-15,17-20H,5-6,9,16H2,1-4H3,(H3,32,33,35,37);3-4,6-11,13-16H,5,12H2,1-2H3,(H,31,32)(H3,28,29,30,33);2*1H4/b28-19+;24-15+;;. The zero-order chi connectivity index (χ0) is 55.1. The molecule has 0 aliphatic heterocycles. The van der Waals surface area contributed by atoms with E-state index in [-0.39, 0.29) is 39.2 Å². The van der Waals surface area contributed by atoms with Gasteiger partial charge in [0, 0.05) is 43.6 Å². The maximum Gasteiger partial charge on any atom is 0.336 e. The molecule has 0 radical (unpaired) electrons. The maximum atomic E-state index is 13.5. The molecular formula is C60H69N5O13. The fourth-order valence-corrected chi connectivity index (χ4v) is 7.42. The molecule has 0 saturated carbocycles. The highest BCUT2D eigenvalue weighted by Crippen LogP contribution is 2.31. The molecule has 0 fully saturated rings. The average Bonchev–Trinajstić information content (AvgIpc) is 3.41. The summed E-state index contributed by atoms with van der Waals surface area (Å²) in [6, 6.07) is 37.4. The van der Waals surface area contributed by atoms with Gasteiger partial charge in [0.1, 0.15) is 46.0 Å². The lowest BCUT2D eigenvalue weighted by Gasteiger charge is -2.21. The number of hydrogen-bond donors (Lipinski definition) is 5. The first kappa shape index (κ1) is 62.7. The number of nitrogens with zero attached hydrogens (tertiary/aromatic N) is 1. The highest BCUT2D eigenvalue weighted by atomic mass is 16.5. The highest BCUT2D eigenvalue weighted by Gasteiger charge is 2.19. The van der Waals surface area contributed by atoms with Gasteiger partial charge in [-0.15, -0.1) is 0 Å². The van der Waals surface area contributed by atoms with Crippen molar-refractivity contribution < 1.29 is 62.3 Å². The van der Waals surface area contributed by atoms with E-state index < -0.39 is 29.8 Å². The third-order valence-electron chi connectivity index (χ3n) is 11.3. The zero-order valence-corrected chi connectivity index (χ0v) is 43.0. The summed E-state index contributed by atoms with van der Waals surface area (Å²) in [6.07, 6.45) is 4.57. The van der Waals surface area contributed by atoms with E-state index >= 15 is 0 Å². The molecule has 0 spiro atoms. The van der Waals surface area contributed by atoms with E-state index in [1.165, 1.54) is 14.2 Å². The van der Waals surface area contributed by atoms with Crippen LogP contribution in [0.5, 0.6) is 46.0 Å². The Morgan fingerprint density at radius 3 is 1.08 bits per heavy atom. The van der Waals surface area contributed by atoms with Crippen LogP contribution in [0.4, 0.5) is 9.59 Å². The molecule has 0 unspecified atom stereocenters. The molecule has 18 nitrogen and oxygen atoms in total. The van der Waals surface area contributed by atoms with E-state index in [4.69, 9.17) is 39.9 Å². The number of imide groups is 2. The summed E-state index contributed by atoms with van der Waals surface area (Å²) < 4.78 is 33.1. The highest BCUT2D eigenvalue weighted by molar-refractivity contribution is 6.24. The van der Waals surface area contributed by atoms with E-state index in [0.717, 1.165) is 22.3 Å². The van der Waals surface area contributed by atoms with Gasteiger partial charge in [0.2, 0.25) is 11.8 Å². The molecule has 0 aliphatic carbocycles. The molecule has 7 amide bonds. The number of rotatable bonds is 22. The number of carbonyl (C=O) groups is 6. The summed E-state index contributed by atoms with van der Waals surface area (Å²) in [4.78, 5) is 71.8. The first-order valence-corrected chi connectivity index (χ1v) is 23.9. The minimum absolute atomic E-state index is 0. The van der Waals surface area contributed by atoms with Gasteiger partial charge in [-0.05, 0) is 145 Å². The number of urea groups is 2. The number of carbonyl (C=O) groups excluding carboxylic acids is 5. The predicted molar refractivity (Wildman–Crippen MR) is 302 cm³/mol. The molecule has 412 valence electrons.